The minimum Gasteiger partial charge on any atom is -0.506 e. The van der Waals surface area contributed by atoms with E-state index in [2.05, 4.69) is 5.43 Å². The van der Waals surface area contributed by atoms with E-state index >= 15 is 0 Å². The van der Waals surface area contributed by atoms with Crippen LogP contribution in [0.2, 0.25) is 5.02 Å². The lowest BCUT2D eigenvalue weighted by Gasteiger charge is -2.36. The number of carbonyl (C=O) groups excluding carboxylic acids is 1. The van der Waals surface area contributed by atoms with Crippen molar-refractivity contribution in [2.75, 3.05) is 26.2 Å². The molecule has 1 saturated heterocycles. The number of amides is 1. The van der Waals surface area contributed by atoms with Crippen LogP contribution in [0.15, 0.2) is 18.2 Å². The number of nitrogens with one attached hydrogen (secondary N) is 1. The Morgan fingerprint density at radius 3 is 2.35 bits per heavy atom. The van der Waals surface area contributed by atoms with Crippen LogP contribution < -0.4 is 5.43 Å². The Morgan fingerprint density at radius 1 is 1.23 bits per heavy atom. The average Bonchev–Trinajstić information content (AvgIpc) is 2.54. The number of carboxylic acid groups (broad SMARTS) is 1. The molecule has 2 rings (SSSR count). The molecule has 26 heavy (non-hydrogen) atoms. The van der Waals surface area contributed by atoms with Crippen LogP contribution in [0.4, 0.5) is 4.79 Å². The first-order chi connectivity index (χ1) is 12.1. The summed E-state index contributed by atoms with van der Waals surface area (Å²) in [7, 11) is 0. The smallest absolute Gasteiger partial charge is 0.410 e. The molecule has 8 nitrogen and oxygen atoms in total. The molecule has 1 aromatic carbocycles. The van der Waals surface area contributed by atoms with Gasteiger partial charge < -0.3 is 19.8 Å². The molecule has 1 aromatic rings. The SMILES string of the molecule is CC(C)(C)OC(=O)N1CCN(NC(C(=O)O)c2ccc(O)c(Cl)c2)CC1. The summed E-state index contributed by atoms with van der Waals surface area (Å²) in [6.45, 7) is 7.17. The van der Waals surface area contributed by atoms with Gasteiger partial charge in [-0.1, -0.05) is 17.7 Å². The molecular formula is C17H24ClN3O5. The molecule has 1 atom stereocenters. The van der Waals surface area contributed by atoms with Gasteiger partial charge in [-0.15, -0.1) is 0 Å². The highest BCUT2D eigenvalue weighted by Gasteiger charge is 2.29. The first-order valence-electron chi connectivity index (χ1n) is 8.27. The number of rotatable bonds is 4. The molecule has 1 aliphatic heterocycles. The van der Waals surface area contributed by atoms with E-state index in [0.717, 1.165) is 0 Å². The molecule has 0 spiro atoms. The number of aromatic hydroxyl groups is 1. The Morgan fingerprint density at radius 2 is 1.85 bits per heavy atom. The summed E-state index contributed by atoms with van der Waals surface area (Å²) in [5, 5.41) is 20.8. The van der Waals surface area contributed by atoms with Crippen molar-refractivity contribution in [2.45, 2.75) is 32.4 Å². The number of hydrogen-bond donors (Lipinski definition) is 3. The van der Waals surface area contributed by atoms with Crippen molar-refractivity contribution in [3.63, 3.8) is 0 Å². The average molecular weight is 386 g/mol. The van der Waals surface area contributed by atoms with Crippen molar-refractivity contribution in [3.05, 3.63) is 28.8 Å². The number of carbonyl (C=O) groups is 2. The van der Waals surface area contributed by atoms with E-state index in [-0.39, 0.29) is 16.9 Å². The first kappa shape index (κ1) is 20.3. The zero-order chi connectivity index (χ0) is 19.5. The lowest BCUT2D eigenvalue weighted by molar-refractivity contribution is -0.141. The van der Waals surface area contributed by atoms with Crippen LogP contribution in [0.3, 0.4) is 0 Å². The number of hydrazine groups is 1. The third-order valence-electron chi connectivity index (χ3n) is 3.80. The minimum atomic E-state index is -1.07. The molecule has 0 bridgehead atoms. The predicted octanol–water partition coefficient (Wildman–Crippen LogP) is 2.23. The van der Waals surface area contributed by atoms with Gasteiger partial charge in [0.2, 0.25) is 0 Å². The van der Waals surface area contributed by atoms with Crippen molar-refractivity contribution in [3.8, 4) is 5.75 Å². The van der Waals surface area contributed by atoms with Gasteiger partial charge in [0.25, 0.3) is 0 Å². The van der Waals surface area contributed by atoms with Crippen LogP contribution in [0.5, 0.6) is 5.75 Å². The molecule has 9 heteroatoms. The van der Waals surface area contributed by atoms with Gasteiger partial charge in [0.05, 0.1) is 5.02 Å². The monoisotopic (exact) mass is 385 g/mol. The Hall–Kier alpha value is -2.03. The Kier molecular flexibility index (Phi) is 6.33. The zero-order valence-corrected chi connectivity index (χ0v) is 15.8. The number of aliphatic carboxylic acids is 1. The van der Waals surface area contributed by atoms with Crippen LogP contribution in [-0.2, 0) is 9.53 Å². The number of nitrogens with zero attached hydrogens (tertiary/aromatic N) is 2. The molecule has 144 valence electrons. The molecule has 3 N–H and O–H groups in total. The summed E-state index contributed by atoms with van der Waals surface area (Å²) in [6, 6.07) is 3.26. The Balaban J connectivity index is 1.96. The molecule has 1 unspecified atom stereocenters. The first-order valence-corrected chi connectivity index (χ1v) is 8.65. The maximum absolute atomic E-state index is 12.1. The molecular weight excluding hydrogens is 362 g/mol. The topological polar surface area (TPSA) is 102 Å². The van der Waals surface area contributed by atoms with Crippen molar-refractivity contribution in [2.24, 2.45) is 0 Å². The lowest BCUT2D eigenvalue weighted by Crippen LogP contribution is -2.55. The van der Waals surface area contributed by atoms with E-state index in [1.54, 1.807) is 9.91 Å². The fourth-order valence-corrected chi connectivity index (χ4v) is 2.69. The molecule has 0 radical (unpaired) electrons. The predicted molar refractivity (Wildman–Crippen MR) is 96.0 cm³/mol. The second-order valence-corrected chi connectivity index (χ2v) is 7.47. The number of ether oxygens (including phenoxy) is 1. The third-order valence-corrected chi connectivity index (χ3v) is 4.10. The fourth-order valence-electron chi connectivity index (χ4n) is 2.50. The van der Waals surface area contributed by atoms with Gasteiger partial charge in [0, 0.05) is 26.2 Å². The standard InChI is InChI=1S/C17H24ClN3O5/c1-17(2,3)26-16(25)20-6-8-21(9-7-20)19-14(15(23)24)11-4-5-13(22)12(18)10-11/h4-5,10,14,19,22H,6-9H2,1-3H3,(H,23,24). The van der Waals surface area contributed by atoms with Gasteiger partial charge in [-0.3, -0.25) is 4.79 Å². The summed E-state index contributed by atoms with van der Waals surface area (Å²) in [5.74, 6) is -1.17. The number of phenolic OH excluding ortho intramolecular Hbond substituents is 1. The van der Waals surface area contributed by atoms with Crippen molar-refractivity contribution < 1.29 is 24.5 Å². The van der Waals surface area contributed by atoms with Gasteiger partial charge in [-0.25, -0.2) is 15.2 Å². The highest BCUT2D eigenvalue weighted by atomic mass is 35.5. The second-order valence-electron chi connectivity index (χ2n) is 7.07. The maximum Gasteiger partial charge on any atom is 0.410 e. The number of carboxylic acids is 1. The summed E-state index contributed by atoms with van der Waals surface area (Å²) in [6.07, 6.45) is -0.378. The van der Waals surface area contributed by atoms with E-state index in [4.69, 9.17) is 16.3 Å². The minimum absolute atomic E-state index is 0.0882. The van der Waals surface area contributed by atoms with Crippen molar-refractivity contribution in [1.82, 2.24) is 15.3 Å². The van der Waals surface area contributed by atoms with E-state index in [0.29, 0.717) is 31.7 Å². The number of halogens is 1. The van der Waals surface area contributed by atoms with Crippen LogP contribution in [0, 0.1) is 0 Å². The van der Waals surface area contributed by atoms with Crippen molar-refractivity contribution in [1.29, 1.82) is 0 Å². The van der Waals surface area contributed by atoms with Crippen LogP contribution in [-0.4, -0.2) is 64.0 Å². The van der Waals surface area contributed by atoms with Gasteiger partial charge in [0.15, 0.2) is 0 Å². The third kappa shape index (κ3) is 5.48. The second kappa shape index (κ2) is 8.11. The highest BCUT2D eigenvalue weighted by Crippen LogP contribution is 2.27. The molecule has 1 aliphatic rings. The molecule has 1 heterocycles. The number of benzene rings is 1. The Bertz CT molecular complexity index is 669. The van der Waals surface area contributed by atoms with Gasteiger partial charge >= 0.3 is 12.1 Å². The fraction of sp³-hybridized carbons (Fsp3) is 0.529. The van der Waals surface area contributed by atoms with E-state index < -0.39 is 17.6 Å². The van der Waals surface area contributed by atoms with Gasteiger partial charge in [-0.2, -0.15) is 0 Å². The van der Waals surface area contributed by atoms with Crippen LogP contribution in [0.1, 0.15) is 32.4 Å². The van der Waals surface area contributed by atoms with Crippen LogP contribution >= 0.6 is 11.6 Å². The van der Waals surface area contributed by atoms with Gasteiger partial charge in [-0.05, 0) is 38.5 Å². The normalized spacial score (nSPS) is 17.0. The molecule has 1 fully saturated rings. The van der Waals surface area contributed by atoms with E-state index in [1.165, 1.54) is 18.2 Å². The summed E-state index contributed by atoms with van der Waals surface area (Å²) in [5.41, 5.74) is 2.81. The molecule has 0 aromatic heterocycles. The number of hydrogen-bond acceptors (Lipinski definition) is 6. The molecule has 0 saturated carbocycles. The van der Waals surface area contributed by atoms with Crippen LogP contribution in [0.25, 0.3) is 0 Å². The summed E-state index contributed by atoms with van der Waals surface area (Å²) >= 11 is 5.87. The summed E-state index contributed by atoms with van der Waals surface area (Å²) in [4.78, 5) is 25.3. The maximum atomic E-state index is 12.1. The summed E-state index contributed by atoms with van der Waals surface area (Å²) < 4.78 is 5.34. The quantitative estimate of drug-likeness (QED) is 0.730. The largest absolute Gasteiger partial charge is 0.506 e. The highest BCUT2D eigenvalue weighted by molar-refractivity contribution is 6.32. The van der Waals surface area contributed by atoms with Crippen molar-refractivity contribution >= 4 is 23.7 Å². The van der Waals surface area contributed by atoms with E-state index in [9.17, 15) is 19.8 Å². The zero-order valence-electron chi connectivity index (χ0n) is 15.0. The van der Waals surface area contributed by atoms with E-state index in [1.807, 2.05) is 20.8 Å². The number of phenols is 1. The Labute approximate surface area is 157 Å². The van der Waals surface area contributed by atoms with Gasteiger partial charge in [0.1, 0.15) is 17.4 Å². The molecule has 1 amide bonds. The lowest BCUT2D eigenvalue weighted by atomic mass is 10.1. The number of piperazine rings is 1. The molecule has 0 aliphatic carbocycles.